The molecule has 4 nitrogen and oxygen atoms in total. The number of carbonyl (C=O) groups is 2. The summed E-state index contributed by atoms with van der Waals surface area (Å²) in [7, 11) is 0. The van der Waals surface area contributed by atoms with Crippen molar-refractivity contribution in [3.05, 3.63) is 34.9 Å². The zero-order valence-corrected chi connectivity index (χ0v) is 16.8. The van der Waals surface area contributed by atoms with Gasteiger partial charge in [-0.3, -0.25) is 9.59 Å². The van der Waals surface area contributed by atoms with E-state index in [4.69, 9.17) is 0 Å². The number of rotatable bonds is 5. The van der Waals surface area contributed by atoms with Gasteiger partial charge < -0.3 is 10.6 Å². The first kappa shape index (κ1) is 18.5. The van der Waals surface area contributed by atoms with Gasteiger partial charge in [-0.1, -0.05) is 6.07 Å². The van der Waals surface area contributed by atoms with E-state index < -0.39 is 0 Å². The molecule has 27 heavy (non-hydrogen) atoms. The van der Waals surface area contributed by atoms with Crippen molar-refractivity contribution in [3.63, 3.8) is 0 Å². The first-order chi connectivity index (χ1) is 12.8. The van der Waals surface area contributed by atoms with Gasteiger partial charge in [0.2, 0.25) is 5.91 Å². The normalized spacial score (nSPS) is 32.2. The van der Waals surface area contributed by atoms with Gasteiger partial charge in [0.25, 0.3) is 5.91 Å². The van der Waals surface area contributed by atoms with Crippen molar-refractivity contribution in [2.24, 2.45) is 23.2 Å². The average Bonchev–Trinajstić information content (AvgIpc) is 2.61. The Kier molecular flexibility index (Phi) is 4.77. The Hall–Kier alpha value is -1.84. The van der Waals surface area contributed by atoms with E-state index in [2.05, 4.69) is 17.6 Å². The third-order valence-corrected chi connectivity index (χ3v) is 7.56. The fourth-order valence-corrected chi connectivity index (χ4v) is 6.30. The van der Waals surface area contributed by atoms with Crippen LogP contribution in [0.25, 0.3) is 0 Å². The Bertz CT molecular complexity index is 719. The quantitative estimate of drug-likeness (QED) is 0.831. The molecule has 4 bridgehead atoms. The molecule has 4 fully saturated rings. The Morgan fingerprint density at radius 1 is 1.04 bits per heavy atom. The summed E-state index contributed by atoms with van der Waals surface area (Å²) in [6, 6.07) is 5.82. The minimum Gasteiger partial charge on any atom is -0.352 e. The predicted octanol–water partition coefficient (Wildman–Crippen LogP) is 3.75. The first-order valence-electron chi connectivity index (χ1n) is 10.5. The minimum atomic E-state index is -0.185. The van der Waals surface area contributed by atoms with Crippen LogP contribution in [0.4, 0.5) is 0 Å². The Morgan fingerprint density at radius 3 is 2.19 bits per heavy atom. The van der Waals surface area contributed by atoms with Crippen LogP contribution in [0.2, 0.25) is 0 Å². The van der Waals surface area contributed by atoms with Crippen LogP contribution in [0.3, 0.4) is 0 Å². The molecule has 0 radical (unpaired) electrons. The van der Waals surface area contributed by atoms with Crippen LogP contribution in [0, 0.1) is 37.0 Å². The number of carbonyl (C=O) groups excluding carboxylic acids is 2. The summed E-state index contributed by atoms with van der Waals surface area (Å²) in [5.74, 6) is 2.37. The molecule has 0 saturated heterocycles. The molecule has 0 heterocycles. The third kappa shape index (κ3) is 3.63. The molecule has 1 atom stereocenters. The van der Waals surface area contributed by atoms with Gasteiger partial charge in [0.05, 0.1) is 6.54 Å². The second-order valence-electron chi connectivity index (χ2n) is 9.55. The monoisotopic (exact) mass is 368 g/mol. The maximum absolute atomic E-state index is 12.5. The molecule has 0 spiro atoms. The summed E-state index contributed by atoms with van der Waals surface area (Å²) in [6.07, 6.45) is 8.05. The van der Waals surface area contributed by atoms with Crippen molar-refractivity contribution in [1.29, 1.82) is 0 Å². The van der Waals surface area contributed by atoms with E-state index in [9.17, 15) is 9.59 Å². The maximum Gasteiger partial charge on any atom is 0.251 e. The largest absolute Gasteiger partial charge is 0.352 e. The molecule has 146 valence electrons. The second-order valence-corrected chi connectivity index (χ2v) is 9.55. The van der Waals surface area contributed by atoms with Gasteiger partial charge in [0.15, 0.2) is 0 Å². The molecule has 0 aromatic heterocycles. The van der Waals surface area contributed by atoms with Crippen molar-refractivity contribution < 1.29 is 9.59 Å². The van der Waals surface area contributed by atoms with Gasteiger partial charge in [-0.05, 0) is 106 Å². The summed E-state index contributed by atoms with van der Waals surface area (Å²) in [4.78, 5) is 24.8. The summed E-state index contributed by atoms with van der Waals surface area (Å²) >= 11 is 0. The SMILES string of the molecule is Cc1ccc(C(=O)NCC(=O)N[C@@H](C)C23CC4CC(CC(C4)C2)C3)cc1C. The lowest BCUT2D eigenvalue weighted by molar-refractivity contribution is -0.124. The molecule has 0 unspecified atom stereocenters. The molecule has 2 amide bonds. The number of hydrogen-bond acceptors (Lipinski definition) is 2. The number of amides is 2. The van der Waals surface area contributed by atoms with Crippen molar-refractivity contribution in [1.82, 2.24) is 10.6 Å². The lowest BCUT2D eigenvalue weighted by atomic mass is 9.48. The lowest BCUT2D eigenvalue weighted by Gasteiger charge is -2.59. The minimum absolute atomic E-state index is 0.0441. The van der Waals surface area contributed by atoms with Crippen LogP contribution in [-0.4, -0.2) is 24.4 Å². The van der Waals surface area contributed by atoms with Crippen molar-refractivity contribution in [3.8, 4) is 0 Å². The summed E-state index contributed by atoms with van der Waals surface area (Å²) in [5, 5.41) is 5.98. The zero-order chi connectivity index (χ0) is 19.2. The third-order valence-electron chi connectivity index (χ3n) is 7.56. The van der Waals surface area contributed by atoms with E-state index in [1.54, 1.807) is 0 Å². The second kappa shape index (κ2) is 6.96. The van der Waals surface area contributed by atoms with Crippen LogP contribution in [0.1, 0.15) is 66.9 Å². The van der Waals surface area contributed by atoms with E-state index in [0.717, 1.165) is 28.9 Å². The van der Waals surface area contributed by atoms with Crippen molar-refractivity contribution >= 4 is 11.8 Å². The molecule has 4 heteroatoms. The number of hydrogen-bond donors (Lipinski definition) is 2. The van der Waals surface area contributed by atoms with Crippen LogP contribution >= 0.6 is 0 Å². The standard InChI is InChI=1S/C23H32N2O2/c1-14-4-5-20(6-15(14)2)22(27)24-13-21(26)25-16(3)23-10-17-7-18(11-23)9-19(8-17)12-23/h4-6,16-19H,7-13H2,1-3H3,(H,24,27)(H,25,26)/t16-,17?,18?,19?,23?/m0/s1. The lowest BCUT2D eigenvalue weighted by Crippen LogP contribution is -2.56. The highest BCUT2D eigenvalue weighted by atomic mass is 16.2. The van der Waals surface area contributed by atoms with Crippen LogP contribution in [0.15, 0.2) is 18.2 Å². The van der Waals surface area contributed by atoms with E-state index >= 15 is 0 Å². The fourth-order valence-electron chi connectivity index (χ4n) is 6.30. The summed E-state index contributed by atoms with van der Waals surface area (Å²) in [6.45, 7) is 6.24. The molecule has 1 aromatic rings. The summed E-state index contributed by atoms with van der Waals surface area (Å²) in [5.41, 5.74) is 3.15. The molecule has 0 aliphatic heterocycles. The first-order valence-corrected chi connectivity index (χ1v) is 10.5. The molecular weight excluding hydrogens is 336 g/mol. The van der Waals surface area contributed by atoms with Crippen molar-refractivity contribution in [2.45, 2.75) is 65.3 Å². The molecule has 1 aromatic carbocycles. The topological polar surface area (TPSA) is 58.2 Å². The Balaban J connectivity index is 1.31. The maximum atomic E-state index is 12.5. The Morgan fingerprint density at radius 2 is 1.63 bits per heavy atom. The molecular formula is C23H32N2O2. The van der Waals surface area contributed by atoms with Gasteiger partial charge >= 0.3 is 0 Å². The van der Waals surface area contributed by atoms with E-state index in [1.807, 2.05) is 32.0 Å². The van der Waals surface area contributed by atoms with Gasteiger partial charge in [-0.15, -0.1) is 0 Å². The number of nitrogens with one attached hydrogen (secondary N) is 2. The van der Waals surface area contributed by atoms with Gasteiger partial charge in [0, 0.05) is 11.6 Å². The van der Waals surface area contributed by atoms with E-state index in [0.29, 0.717) is 11.0 Å². The Labute approximate surface area is 162 Å². The smallest absolute Gasteiger partial charge is 0.251 e. The molecule has 4 aliphatic rings. The highest BCUT2D eigenvalue weighted by Crippen LogP contribution is 2.61. The van der Waals surface area contributed by atoms with Gasteiger partial charge in [-0.2, -0.15) is 0 Å². The zero-order valence-electron chi connectivity index (χ0n) is 16.8. The number of benzene rings is 1. The number of aryl methyl sites for hydroxylation is 2. The van der Waals surface area contributed by atoms with Gasteiger partial charge in [-0.25, -0.2) is 0 Å². The van der Waals surface area contributed by atoms with Crippen LogP contribution < -0.4 is 10.6 Å². The highest BCUT2D eigenvalue weighted by molar-refractivity contribution is 5.96. The summed E-state index contributed by atoms with van der Waals surface area (Å²) < 4.78 is 0. The van der Waals surface area contributed by atoms with Crippen LogP contribution in [-0.2, 0) is 4.79 Å². The van der Waals surface area contributed by atoms with Gasteiger partial charge in [0.1, 0.15) is 0 Å². The van der Waals surface area contributed by atoms with Crippen LogP contribution in [0.5, 0.6) is 0 Å². The highest BCUT2D eigenvalue weighted by Gasteiger charge is 2.53. The molecule has 4 aliphatic carbocycles. The van der Waals surface area contributed by atoms with Crippen molar-refractivity contribution in [2.75, 3.05) is 6.54 Å². The van der Waals surface area contributed by atoms with E-state index in [-0.39, 0.29) is 24.4 Å². The molecule has 5 rings (SSSR count). The van der Waals surface area contributed by atoms with E-state index in [1.165, 1.54) is 38.5 Å². The fraction of sp³-hybridized carbons (Fsp3) is 0.652. The average molecular weight is 369 g/mol. The predicted molar refractivity (Wildman–Crippen MR) is 106 cm³/mol. The molecule has 2 N–H and O–H groups in total. The molecule has 4 saturated carbocycles.